The lowest BCUT2D eigenvalue weighted by Crippen LogP contribution is -2.22. The summed E-state index contributed by atoms with van der Waals surface area (Å²) < 4.78 is 7.28. The second-order valence-corrected chi connectivity index (χ2v) is 6.39. The van der Waals surface area contributed by atoms with Crippen molar-refractivity contribution in [1.82, 2.24) is 10.3 Å². The molecule has 2 aromatic rings. The van der Waals surface area contributed by atoms with Crippen LogP contribution in [0.2, 0.25) is 0 Å². The number of nitrogens with one attached hydrogen (secondary N) is 1. The Morgan fingerprint density at radius 3 is 2.81 bits per heavy atom. The minimum atomic E-state index is 0.0496. The summed E-state index contributed by atoms with van der Waals surface area (Å²) in [5.74, 6) is 1.20. The number of rotatable bonds is 4. The summed E-state index contributed by atoms with van der Waals surface area (Å²) >= 11 is 3.45. The van der Waals surface area contributed by atoms with Gasteiger partial charge in [-0.05, 0) is 47.4 Å². The van der Waals surface area contributed by atoms with Gasteiger partial charge in [0.25, 0.3) is 0 Å². The molecule has 1 aromatic heterocycles. The lowest BCUT2D eigenvalue weighted by Gasteiger charge is -2.25. The summed E-state index contributed by atoms with van der Waals surface area (Å²) in [6, 6.07) is 12.5. The molecule has 0 bridgehead atoms. The molecular formula is C17H19BrN2O. The van der Waals surface area contributed by atoms with E-state index in [-0.39, 0.29) is 6.10 Å². The molecule has 1 aliphatic heterocycles. The molecule has 0 radical (unpaired) electrons. The highest BCUT2D eigenvalue weighted by Crippen LogP contribution is 2.32. The van der Waals surface area contributed by atoms with Gasteiger partial charge in [0.15, 0.2) is 0 Å². The topological polar surface area (TPSA) is 34.1 Å². The van der Waals surface area contributed by atoms with Gasteiger partial charge < -0.3 is 10.1 Å². The van der Waals surface area contributed by atoms with Crippen LogP contribution in [0.1, 0.15) is 23.7 Å². The van der Waals surface area contributed by atoms with Gasteiger partial charge in [-0.3, -0.25) is 0 Å². The third-order valence-electron chi connectivity index (χ3n) is 3.89. The smallest absolute Gasteiger partial charge is 0.216 e. The lowest BCUT2D eigenvalue weighted by molar-refractivity contribution is 0.137. The van der Waals surface area contributed by atoms with Crippen LogP contribution >= 0.6 is 15.9 Å². The van der Waals surface area contributed by atoms with Gasteiger partial charge in [0.2, 0.25) is 5.88 Å². The fraction of sp³-hybridized carbons (Fsp3) is 0.353. The van der Waals surface area contributed by atoms with Crippen molar-refractivity contribution in [2.75, 3.05) is 13.1 Å². The Labute approximate surface area is 133 Å². The zero-order valence-corrected chi connectivity index (χ0v) is 13.6. The first kappa shape index (κ1) is 14.5. The molecule has 2 atom stereocenters. The van der Waals surface area contributed by atoms with Crippen LogP contribution in [0.4, 0.5) is 0 Å². The number of benzene rings is 1. The van der Waals surface area contributed by atoms with E-state index in [9.17, 15) is 0 Å². The Bertz CT molecular complexity index is 597. The maximum Gasteiger partial charge on any atom is 0.216 e. The Morgan fingerprint density at radius 2 is 2.14 bits per heavy atom. The first-order chi connectivity index (χ1) is 10.2. The second-order valence-electron chi connectivity index (χ2n) is 5.48. The Kier molecular flexibility index (Phi) is 4.56. The normalized spacial score (nSPS) is 19.4. The van der Waals surface area contributed by atoms with Gasteiger partial charge in [-0.25, -0.2) is 4.98 Å². The molecule has 1 N–H and O–H groups in total. The third-order valence-corrected chi connectivity index (χ3v) is 4.32. The number of halogens is 1. The van der Waals surface area contributed by atoms with E-state index >= 15 is 0 Å². The van der Waals surface area contributed by atoms with Crippen LogP contribution in [0.3, 0.4) is 0 Å². The largest absolute Gasteiger partial charge is 0.469 e. The van der Waals surface area contributed by atoms with Gasteiger partial charge in [0, 0.05) is 28.7 Å². The third kappa shape index (κ3) is 3.44. The molecule has 4 heteroatoms. The zero-order valence-electron chi connectivity index (χ0n) is 12.1. The quantitative estimate of drug-likeness (QED) is 0.911. The minimum absolute atomic E-state index is 0.0496. The van der Waals surface area contributed by atoms with E-state index in [2.05, 4.69) is 50.5 Å². The molecule has 0 aliphatic carbocycles. The Balaban J connectivity index is 1.88. The molecule has 0 amide bonds. The van der Waals surface area contributed by atoms with Crippen LogP contribution < -0.4 is 10.1 Å². The fourth-order valence-electron chi connectivity index (χ4n) is 2.79. The van der Waals surface area contributed by atoms with E-state index in [1.165, 1.54) is 5.56 Å². The molecule has 0 unspecified atom stereocenters. The van der Waals surface area contributed by atoms with Crippen molar-refractivity contribution in [3.8, 4) is 5.88 Å². The van der Waals surface area contributed by atoms with E-state index in [0.29, 0.717) is 5.92 Å². The van der Waals surface area contributed by atoms with Crippen LogP contribution in [0.5, 0.6) is 5.88 Å². The van der Waals surface area contributed by atoms with Crippen LogP contribution in [0.25, 0.3) is 0 Å². The first-order valence-corrected chi connectivity index (χ1v) is 8.08. The van der Waals surface area contributed by atoms with E-state index in [1.807, 2.05) is 19.1 Å². The Morgan fingerprint density at radius 1 is 1.33 bits per heavy atom. The zero-order chi connectivity index (χ0) is 14.7. The summed E-state index contributed by atoms with van der Waals surface area (Å²) in [5, 5.41) is 3.42. The van der Waals surface area contributed by atoms with Crippen molar-refractivity contribution in [2.24, 2.45) is 5.92 Å². The average molecular weight is 347 g/mol. The van der Waals surface area contributed by atoms with Crippen molar-refractivity contribution < 1.29 is 4.74 Å². The molecule has 21 heavy (non-hydrogen) atoms. The number of aryl methyl sites for hydroxylation is 1. The highest BCUT2D eigenvalue weighted by Gasteiger charge is 2.28. The van der Waals surface area contributed by atoms with E-state index in [4.69, 9.17) is 4.74 Å². The number of ether oxygens (including phenoxy) is 1. The van der Waals surface area contributed by atoms with Crippen LogP contribution in [-0.2, 0) is 0 Å². The van der Waals surface area contributed by atoms with Gasteiger partial charge in [0.05, 0.1) is 0 Å². The predicted octanol–water partition coefficient (Wildman–Crippen LogP) is 3.88. The van der Waals surface area contributed by atoms with E-state index in [0.717, 1.165) is 35.4 Å². The molecule has 110 valence electrons. The minimum Gasteiger partial charge on any atom is -0.469 e. The molecular weight excluding hydrogens is 328 g/mol. The number of hydrogen-bond donors (Lipinski definition) is 1. The van der Waals surface area contributed by atoms with Gasteiger partial charge in [-0.2, -0.15) is 0 Å². The highest BCUT2D eigenvalue weighted by atomic mass is 79.9. The highest BCUT2D eigenvalue weighted by molar-refractivity contribution is 9.10. The summed E-state index contributed by atoms with van der Waals surface area (Å²) in [4.78, 5) is 4.43. The van der Waals surface area contributed by atoms with Crippen molar-refractivity contribution in [3.63, 3.8) is 0 Å². The van der Waals surface area contributed by atoms with Crippen molar-refractivity contribution >= 4 is 15.9 Å². The van der Waals surface area contributed by atoms with Gasteiger partial charge in [0.1, 0.15) is 6.10 Å². The number of nitrogens with zero attached hydrogens (tertiary/aromatic N) is 1. The van der Waals surface area contributed by atoms with Gasteiger partial charge in [-0.1, -0.05) is 30.3 Å². The van der Waals surface area contributed by atoms with Crippen molar-refractivity contribution in [1.29, 1.82) is 0 Å². The van der Waals surface area contributed by atoms with Crippen LogP contribution in [-0.4, -0.2) is 18.1 Å². The molecule has 0 spiro atoms. The number of hydrogen-bond acceptors (Lipinski definition) is 3. The summed E-state index contributed by atoms with van der Waals surface area (Å²) in [5.41, 5.74) is 2.27. The molecule has 0 saturated carbocycles. The molecule has 3 nitrogen and oxygen atoms in total. The summed E-state index contributed by atoms with van der Waals surface area (Å²) in [7, 11) is 0. The lowest BCUT2D eigenvalue weighted by atomic mass is 9.95. The standard InChI is InChI=1S/C17H19BrN2O/c1-12-9-15(18)11-20-17(12)21-16(14-7-8-19-10-14)13-5-3-2-4-6-13/h2-6,9,11,14,16,19H,7-8,10H2,1H3/t14-,16-/m0/s1. The van der Waals surface area contributed by atoms with Gasteiger partial charge >= 0.3 is 0 Å². The van der Waals surface area contributed by atoms with Crippen molar-refractivity contribution in [2.45, 2.75) is 19.4 Å². The van der Waals surface area contributed by atoms with Crippen molar-refractivity contribution in [3.05, 3.63) is 58.2 Å². The number of aromatic nitrogens is 1. The maximum absolute atomic E-state index is 6.30. The van der Waals surface area contributed by atoms with Crippen LogP contribution in [0, 0.1) is 12.8 Å². The second kappa shape index (κ2) is 6.58. The SMILES string of the molecule is Cc1cc(Br)cnc1O[C@@H](c1ccccc1)[C@H]1CCNC1. The molecule has 3 rings (SSSR count). The molecule has 2 heterocycles. The molecule has 1 aromatic carbocycles. The monoisotopic (exact) mass is 346 g/mol. The van der Waals surface area contributed by atoms with E-state index in [1.54, 1.807) is 6.20 Å². The molecule has 1 fully saturated rings. The molecule has 1 saturated heterocycles. The predicted molar refractivity (Wildman–Crippen MR) is 87.5 cm³/mol. The van der Waals surface area contributed by atoms with Crippen LogP contribution in [0.15, 0.2) is 47.1 Å². The molecule has 1 aliphatic rings. The average Bonchev–Trinajstić information content (AvgIpc) is 3.01. The van der Waals surface area contributed by atoms with Gasteiger partial charge in [-0.15, -0.1) is 0 Å². The fourth-order valence-corrected chi connectivity index (χ4v) is 3.23. The summed E-state index contributed by atoms with van der Waals surface area (Å²) in [6.45, 7) is 4.08. The van der Waals surface area contributed by atoms with E-state index < -0.39 is 0 Å². The number of pyridine rings is 1. The Hall–Kier alpha value is -1.39. The maximum atomic E-state index is 6.30. The first-order valence-electron chi connectivity index (χ1n) is 7.28. The summed E-state index contributed by atoms with van der Waals surface area (Å²) in [6.07, 6.45) is 2.97.